The maximum Gasteiger partial charge on any atom is 0.303 e. The Bertz CT molecular complexity index is 927. The van der Waals surface area contributed by atoms with E-state index in [0.29, 0.717) is 30.4 Å². The zero-order chi connectivity index (χ0) is 24.9. The molecule has 6 atom stereocenters. The normalized spacial score (nSPS) is 35.7. The summed E-state index contributed by atoms with van der Waals surface area (Å²) in [5.41, 5.74) is 1.09. The van der Waals surface area contributed by atoms with Gasteiger partial charge in [-0.2, -0.15) is 0 Å². The smallest absolute Gasteiger partial charge is 0.303 e. The molecule has 3 aliphatic rings. The number of fused-ring (bicyclic) bond motifs is 3. The summed E-state index contributed by atoms with van der Waals surface area (Å²) in [6, 6.07) is 0. The van der Waals surface area contributed by atoms with Crippen molar-refractivity contribution < 1.29 is 33.4 Å². The molecule has 2 fully saturated rings. The van der Waals surface area contributed by atoms with Gasteiger partial charge in [0.25, 0.3) is 0 Å². The van der Waals surface area contributed by atoms with Crippen LogP contribution >= 0.6 is 0 Å². The minimum Gasteiger partial charge on any atom is -0.462 e. The van der Waals surface area contributed by atoms with Gasteiger partial charge in [0.1, 0.15) is 18.3 Å². The van der Waals surface area contributed by atoms with Crippen molar-refractivity contribution in [3.63, 3.8) is 0 Å². The van der Waals surface area contributed by atoms with Crippen LogP contribution in [0.2, 0.25) is 0 Å². The molecule has 7 nitrogen and oxygen atoms in total. The molecule has 3 rings (SSSR count). The molecule has 2 bridgehead atoms. The molecule has 0 radical (unpaired) electrons. The van der Waals surface area contributed by atoms with Gasteiger partial charge in [-0.05, 0) is 53.7 Å². The lowest BCUT2D eigenvalue weighted by atomic mass is 9.50. The van der Waals surface area contributed by atoms with Crippen LogP contribution in [0.25, 0.3) is 0 Å². The number of rotatable bonds is 3. The molecule has 7 heteroatoms. The van der Waals surface area contributed by atoms with Crippen molar-refractivity contribution in [1.29, 1.82) is 0 Å². The van der Waals surface area contributed by atoms with E-state index in [0.717, 1.165) is 5.57 Å². The van der Waals surface area contributed by atoms with Gasteiger partial charge in [0, 0.05) is 39.0 Å². The molecule has 0 spiro atoms. The van der Waals surface area contributed by atoms with Crippen molar-refractivity contribution in [3.05, 3.63) is 23.3 Å². The molecule has 1 unspecified atom stereocenters. The van der Waals surface area contributed by atoms with Gasteiger partial charge < -0.3 is 14.2 Å². The number of allylic oxidation sites excluding steroid dienone is 1. The van der Waals surface area contributed by atoms with Crippen LogP contribution in [0.5, 0.6) is 0 Å². The second kappa shape index (κ2) is 8.73. The maximum atomic E-state index is 13.1. The predicted octanol–water partition coefficient (Wildman–Crippen LogP) is 4.09. The number of esters is 3. The van der Waals surface area contributed by atoms with Gasteiger partial charge in [0.05, 0.1) is 0 Å². The number of hydrogen-bond donors (Lipinski definition) is 0. The van der Waals surface area contributed by atoms with Crippen molar-refractivity contribution >= 4 is 23.7 Å². The third-order valence-corrected chi connectivity index (χ3v) is 8.01. The van der Waals surface area contributed by atoms with Gasteiger partial charge in [0.15, 0.2) is 5.78 Å². The first-order valence-corrected chi connectivity index (χ1v) is 11.6. The van der Waals surface area contributed by atoms with Crippen molar-refractivity contribution in [1.82, 2.24) is 0 Å². The Morgan fingerprint density at radius 3 is 2.03 bits per heavy atom. The summed E-state index contributed by atoms with van der Waals surface area (Å²) >= 11 is 0. The maximum absolute atomic E-state index is 13.1. The predicted molar refractivity (Wildman–Crippen MR) is 121 cm³/mol. The quantitative estimate of drug-likeness (QED) is 0.356. The van der Waals surface area contributed by atoms with E-state index in [-0.39, 0.29) is 24.0 Å². The Morgan fingerprint density at radius 2 is 1.48 bits per heavy atom. The van der Waals surface area contributed by atoms with Gasteiger partial charge in [-0.15, -0.1) is 0 Å². The fourth-order valence-electron chi connectivity index (χ4n) is 6.65. The number of hydrogen-bond acceptors (Lipinski definition) is 7. The second-order valence-corrected chi connectivity index (χ2v) is 10.7. The third kappa shape index (κ3) is 4.51. The Balaban J connectivity index is 2.24. The highest BCUT2D eigenvalue weighted by molar-refractivity contribution is 5.97. The molecule has 0 aliphatic heterocycles. The summed E-state index contributed by atoms with van der Waals surface area (Å²) in [6.07, 6.45) is 0.214. The largest absolute Gasteiger partial charge is 0.462 e. The lowest BCUT2D eigenvalue weighted by molar-refractivity contribution is -0.172. The number of carbonyl (C=O) groups is 4. The van der Waals surface area contributed by atoms with E-state index < -0.39 is 47.0 Å². The molecule has 33 heavy (non-hydrogen) atoms. The number of ketones is 1. The molecule has 0 heterocycles. The Hall–Kier alpha value is -2.44. The Labute approximate surface area is 195 Å². The molecule has 0 aromatic rings. The van der Waals surface area contributed by atoms with Crippen LogP contribution < -0.4 is 0 Å². The average molecular weight is 461 g/mol. The first kappa shape index (κ1) is 25.2. The summed E-state index contributed by atoms with van der Waals surface area (Å²) < 4.78 is 17.4. The SMILES string of the molecule is C=C1[C@@H](OC(C)=O)CC[C@@]2(C)C[C@H](OC(C)=O)C3=C(C)C(=O)CC([C@@H](OC(C)=O)[C@H]12)C3(C)C. The third-order valence-electron chi connectivity index (χ3n) is 8.01. The van der Waals surface area contributed by atoms with Gasteiger partial charge in [-0.25, -0.2) is 0 Å². The summed E-state index contributed by atoms with van der Waals surface area (Å²) in [7, 11) is 0. The highest BCUT2D eigenvalue weighted by Crippen LogP contribution is 2.59. The fraction of sp³-hybridized carbons (Fsp3) is 0.692. The van der Waals surface area contributed by atoms with Gasteiger partial charge in [-0.3, -0.25) is 19.2 Å². The summed E-state index contributed by atoms with van der Waals surface area (Å²) in [5.74, 6) is -1.98. The van der Waals surface area contributed by atoms with Crippen LogP contribution in [0.1, 0.15) is 74.1 Å². The summed E-state index contributed by atoms with van der Waals surface area (Å²) in [5, 5.41) is 0. The molecule has 0 N–H and O–H groups in total. The van der Waals surface area contributed by atoms with Gasteiger partial charge in [0.2, 0.25) is 0 Å². The van der Waals surface area contributed by atoms with Crippen LogP contribution in [0.15, 0.2) is 23.3 Å². The van der Waals surface area contributed by atoms with Gasteiger partial charge in [-0.1, -0.05) is 27.4 Å². The Morgan fingerprint density at radius 1 is 0.939 bits per heavy atom. The van der Waals surface area contributed by atoms with E-state index in [1.165, 1.54) is 20.8 Å². The van der Waals surface area contributed by atoms with E-state index in [4.69, 9.17) is 14.2 Å². The highest BCUT2D eigenvalue weighted by atomic mass is 16.6. The summed E-state index contributed by atoms with van der Waals surface area (Å²) in [4.78, 5) is 49.3. The van der Waals surface area contributed by atoms with Crippen LogP contribution in [0, 0.1) is 22.7 Å². The average Bonchev–Trinajstić information content (AvgIpc) is 2.64. The van der Waals surface area contributed by atoms with Crippen molar-refractivity contribution in [2.45, 2.75) is 92.5 Å². The number of ether oxygens (including phenoxy) is 3. The highest BCUT2D eigenvalue weighted by Gasteiger charge is 2.59. The molecular formula is C26H36O7. The van der Waals surface area contributed by atoms with Crippen LogP contribution in [-0.2, 0) is 33.4 Å². The van der Waals surface area contributed by atoms with E-state index in [1.54, 1.807) is 6.92 Å². The Kier molecular flexibility index (Phi) is 6.66. The van der Waals surface area contributed by atoms with E-state index in [9.17, 15) is 19.2 Å². The number of carbonyl (C=O) groups excluding carboxylic acids is 4. The molecule has 182 valence electrons. The van der Waals surface area contributed by atoms with E-state index in [2.05, 4.69) is 13.5 Å². The fourth-order valence-corrected chi connectivity index (χ4v) is 6.65. The van der Waals surface area contributed by atoms with Crippen molar-refractivity contribution in [3.8, 4) is 0 Å². The van der Waals surface area contributed by atoms with Gasteiger partial charge >= 0.3 is 17.9 Å². The topological polar surface area (TPSA) is 96.0 Å². The molecule has 0 aromatic heterocycles. The monoisotopic (exact) mass is 460 g/mol. The lowest BCUT2D eigenvalue weighted by Gasteiger charge is -2.57. The molecule has 0 saturated heterocycles. The van der Waals surface area contributed by atoms with Crippen LogP contribution in [0.4, 0.5) is 0 Å². The van der Waals surface area contributed by atoms with Crippen LogP contribution in [-0.4, -0.2) is 42.0 Å². The molecule has 0 amide bonds. The molecule has 3 aliphatic carbocycles. The van der Waals surface area contributed by atoms with E-state index >= 15 is 0 Å². The lowest BCUT2D eigenvalue weighted by Crippen LogP contribution is -2.58. The molecular weight excluding hydrogens is 424 g/mol. The standard InChI is InChI=1S/C26H36O7/c1-13-19(30)11-18-24(33-17(5)29)23-14(2)20(31-15(3)27)9-10-26(23,8)12-21(32-16(4)28)22(13)25(18,6)7/h18,20-21,23-24H,2,9-12H2,1,3-8H3/t18?,20-,21-,23-,24+,26-/m0/s1. The number of Topliss-reactive ketones (excluding diaryl/α,β-unsaturated/α-hetero) is 1. The molecule has 2 saturated carbocycles. The zero-order valence-corrected chi connectivity index (χ0v) is 20.8. The van der Waals surface area contributed by atoms with Crippen molar-refractivity contribution in [2.24, 2.45) is 22.7 Å². The van der Waals surface area contributed by atoms with Crippen LogP contribution in [0.3, 0.4) is 0 Å². The first-order valence-electron chi connectivity index (χ1n) is 11.6. The molecule has 0 aromatic carbocycles. The second-order valence-electron chi connectivity index (χ2n) is 10.7. The summed E-state index contributed by atoms with van der Waals surface area (Å²) in [6.45, 7) is 16.3. The minimum atomic E-state index is -0.626. The first-order chi connectivity index (χ1) is 15.2. The van der Waals surface area contributed by atoms with E-state index in [1.807, 2.05) is 13.8 Å². The minimum absolute atomic E-state index is 0.0369. The zero-order valence-electron chi connectivity index (χ0n) is 20.8. The van der Waals surface area contributed by atoms with Crippen molar-refractivity contribution in [2.75, 3.05) is 0 Å².